The van der Waals surface area contributed by atoms with Gasteiger partial charge in [-0.05, 0) is 24.6 Å². The first-order valence-corrected chi connectivity index (χ1v) is 5.41. The van der Waals surface area contributed by atoms with Crippen molar-refractivity contribution in [1.29, 1.82) is 0 Å². The third-order valence-electron chi connectivity index (χ3n) is 2.21. The lowest BCUT2D eigenvalue weighted by atomic mass is 10.1. The van der Waals surface area contributed by atoms with Crippen LogP contribution in [-0.4, -0.2) is 24.6 Å². The Labute approximate surface area is 108 Å². The van der Waals surface area contributed by atoms with Crippen molar-refractivity contribution < 1.29 is 27.8 Å². The maximum absolute atomic E-state index is 11.9. The van der Waals surface area contributed by atoms with E-state index in [2.05, 4.69) is 4.74 Å². The van der Waals surface area contributed by atoms with Crippen molar-refractivity contribution in [3.05, 3.63) is 29.8 Å². The lowest BCUT2D eigenvalue weighted by Gasteiger charge is -2.10. The van der Waals surface area contributed by atoms with E-state index in [9.17, 15) is 18.4 Å². The third kappa shape index (κ3) is 5.33. The zero-order chi connectivity index (χ0) is 14.4. The van der Waals surface area contributed by atoms with Crippen LogP contribution in [0.4, 0.5) is 8.78 Å². The summed E-state index contributed by atoms with van der Waals surface area (Å²) in [6.07, 6.45) is -1.10. The van der Waals surface area contributed by atoms with Crippen molar-refractivity contribution in [3.63, 3.8) is 0 Å². The molecule has 0 saturated carbocycles. The maximum atomic E-state index is 11.9. The van der Waals surface area contributed by atoms with Gasteiger partial charge in [-0.25, -0.2) is 0 Å². The van der Waals surface area contributed by atoms with E-state index in [0.717, 1.165) is 0 Å². The number of primary amides is 1. The number of carbonyl (C=O) groups excluding carboxylic acids is 2. The van der Waals surface area contributed by atoms with Crippen LogP contribution in [0, 0.1) is 0 Å². The minimum Gasteiger partial charge on any atom is -0.452 e. The van der Waals surface area contributed by atoms with E-state index in [4.69, 9.17) is 10.5 Å². The van der Waals surface area contributed by atoms with Crippen LogP contribution >= 0.6 is 0 Å². The Balaban J connectivity index is 2.53. The highest BCUT2D eigenvalue weighted by Crippen LogP contribution is 2.15. The molecule has 1 aromatic rings. The van der Waals surface area contributed by atoms with E-state index < -0.39 is 24.6 Å². The molecular formula is C12H13F2NO4. The van der Waals surface area contributed by atoms with Crippen LogP contribution in [-0.2, 0) is 20.7 Å². The lowest BCUT2D eigenvalue weighted by molar-refractivity contribution is -0.153. The first kappa shape index (κ1) is 14.9. The second kappa shape index (κ2) is 6.67. The maximum Gasteiger partial charge on any atom is 0.387 e. The molecule has 5 nitrogen and oxygen atoms in total. The second-order valence-electron chi connectivity index (χ2n) is 3.73. The number of hydrogen-bond donors (Lipinski definition) is 1. The molecule has 0 spiro atoms. The molecule has 0 unspecified atom stereocenters. The van der Waals surface area contributed by atoms with E-state index in [1.807, 2.05) is 0 Å². The molecule has 0 radical (unpaired) electrons. The molecule has 1 amide bonds. The van der Waals surface area contributed by atoms with Gasteiger partial charge in [0.25, 0.3) is 5.91 Å². The predicted molar refractivity (Wildman–Crippen MR) is 61.5 cm³/mol. The van der Waals surface area contributed by atoms with Crippen molar-refractivity contribution in [1.82, 2.24) is 0 Å². The van der Waals surface area contributed by atoms with Gasteiger partial charge in [0, 0.05) is 0 Å². The van der Waals surface area contributed by atoms with Gasteiger partial charge in [-0.15, -0.1) is 0 Å². The first-order valence-electron chi connectivity index (χ1n) is 5.41. The van der Waals surface area contributed by atoms with Gasteiger partial charge in [0.1, 0.15) is 5.75 Å². The molecule has 7 heteroatoms. The fourth-order valence-corrected chi connectivity index (χ4v) is 1.25. The highest BCUT2D eigenvalue weighted by atomic mass is 19.3. The van der Waals surface area contributed by atoms with Gasteiger partial charge in [0.2, 0.25) is 0 Å². The molecule has 1 rings (SSSR count). The second-order valence-corrected chi connectivity index (χ2v) is 3.73. The van der Waals surface area contributed by atoms with Gasteiger partial charge in [0.15, 0.2) is 6.10 Å². The molecule has 0 fully saturated rings. The van der Waals surface area contributed by atoms with E-state index in [1.54, 1.807) is 0 Å². The quantitative estimate of drug-likeness (QED) is 0.791. The average molecular weight is 273 g/mol. The molecule has 0 aliphatic heterocycles. The summed E-state index contributed by atoms with van der Waals surface area (Å²) in [5, 5.41) is 0. The molecule has 0 aliphatic rings. The fourth-order valence-electron chi connectivity index (χ4n) is 1.25. The molecule has 0 saturated heterocycles. The largest absolute Gasteiger partial charge is 0.452 e. The number of carbonyl (C=O) groups is 2. The van der Waals surface area contributed by atoms with Crippen molar-refractivity contribution in [2.75, 3.05) is 0 Å². The Morgan fingerprint density at radius 3 is 2.32 bits per heavy atom. The van der Waals surface area contributed by atoms with E-state index in [0.29, 0.717) is 5.56 Å². The Morgan fingerprint density at radius 2 is 1.84 bits per heavy atom. The van der Waals surface area contributed by atoms with E-state index in [1.165, 1.54) is 31.2 Å². The summed E-state index contributed by atoms with van der Waals surface area (Å²) < 4.78 is 32.7. The highest BCUT2D eigenvalue weighted by molar-refractivity contribution is 5.82. The summed E-state index contributed by atoms with van der Waals surface area (Å²) in [6, 6.07) is 5.53. The number of rotatable bonds is 6. The summed E-state index contributed by atoms with van der Waals surface area (Å²) in [5.74, 6) is -1.37. The number of nitrogens with two attached hydrogens (primary N) is 1. The van der Waals surface area contributed by atoms with Crippen LogP contribution in [0.2, 0.25) is 0 Å². The SMILES string of the molecule is C[C@@H](OC(=O)Cc1ccc(OC(F)F)cc1)C(N)=O. The van der Waals surface area contributed by atoms with Crippen LogP contribution in [0.25, 0.3) is 0 Å². The fraction of sp³-hybridized carbons (Fsp3) is 0.333. The zero-order valence-corrected chi connectivity index (χ0v) is 10.1. The Hall–Kier alpha value is -2.18. The number of amides is 1. The van der Waals surface area contributed by atoms with Crippen molar-refractivity contribution in [3.8, 4) is 5.75 Å². The third-order valence-corrected chi connectivity index (χ3v) is 2.21. The van der Waals surface area contributed by atoms with Crippen molar-refractivity contribution >= 4 is 11.9 Å². The summed E-state index contributed by atoms with van der Waals surface area (Å²) in [5.41, 5.74) is 5.48. The minimum atomic E-state index is -2.90. The van der Waals surface area contributed by atoms with Crippen LogP contribution in [0.1, 0.15) is 12.5 Å². The van der Waals surface area contributed by atoms with Gasteiger partial charge in [-0.2, -0.15) is 8.78 Å². The number of esters is 1. The minimum absolute atomic E-state index is 0.00220. The van der Waals surface area contributed by atoms with Crippen LogP contribution in [0.5, 0.6) is 5.75 Å². The Morgan fingerprint density at radius 1 is 1.26 bits per heavy atom. The van der Waals surface area contributed by atoms with Gasteiger partial charge in [-0.3, -0.25) is 9.59 Å². The zero-order valence-electron chi connectivity index (χ0n) is 10.1. The number of benzene rings is 1. The smallest absolute Gasteiger partial charge is 0.387 e. The monoisotopic (exact) mass is 273 g/mol. The average Bonchev–Trinajstić information content (AvgIpc) is 2.30. The van der Waals surface area contributed by atoms with E-state index in [-0.39, 0.29) is 12.2 Å². The summed E-state index contributed by atoms with van der Waals surface area (Å²) >= 11 is 0. The summed E-state index contributed by atoms with van der Waals surface area (Å²) in [7, 11) is 0. The van der Waals surface area contributed by atoms with Gasteiger partial charge >= 0.3 is 12.6 Å². The molecule has 2 N–H and O–H groups in total. The number of halogens is 2. The number of ether oxygens (including phenoxy) is 2. The molecule has 19 heavy (non-hydrogen) atoms. The molecular weight excluding hydrogens is 260 g/mol. The van der Waals surface area contributed by atoms with Gasteiger partial charge in [0.05, 0.1) is 6.42 Å². The predicted octanol–water partition coefficient (Wildman–Crippen LogP) is 1.25. The van der Waals surface area contributed by atoms with Crippen molar-refractivity contribution in [2.24, 2.45) is 5.73 Å². The van der Waals surface area contributed by atoms with E-state index >= 15 is 0 Å². The van der Waals surface area contributed by atoms with Crippen LogP contribution in [0.3, 0.4) is 0 Å². The van der Waals surface area contributed by atoms with Crippen LogP contribution < -0.4 is 10.5 Å². The Bertz CT molecular complexity index is 448. The van der Waals surface area contributed by atoms with Gasteiger partial charge in [-0.1, -0.05) is 12.1 Å². The first-order chi connectivity index (χ1) is 8.88. The number of hydrogen-bond acceptors (Lipinski definition) is 4. The molecule has 104 valence electrons. The van der Waals surface area contributed by atoms with Crippen LogP contribution in [0.15, 0.2) is 24.3 Å². The molecule has 1 aromatic carbocycles. The normalized spacial score (nSPS) is 12.0. The lowest BCUT2D eigenvalue weighted by Crippen LogP contribution is -2.30. The molecule has 0 aliphatic carbocycles. The highest BCUT2D eigenvalue weighted by Gasteiger charge is 2.14. The van der Waals surface area contributed by atoms with Gasteiger partial charge < -0.3 is 15.2 Å². The molecule has 0 bridgehead atoms. The standard InChI is InChI=1S/C12H13F2NO4/c1-7(11(15)17)18-10(16)6-8-2-4-9(5-3-8)19-12(13)14/h2-5,7,12H,6H2,1H3,(H2,15,17)/t7-/m1/s1. The molecule has 0 heterocycles. The summed E-state index contributed by atoms with van der Waals surface area (Å²) in [4.78, 5) is 22.1. The Kier molecular flexibility index (Phi) is 5.23. The number of alkyl halides is 2. The topological polar surface area (TPSA) is 78.6 Å². The summed E-state index contributed by atoms with van der Waals surface area (Å²) in [6.45, 7) is -1.54. The molecule has 0 aromatic heterocycles. The molecule has 1 atom stereocenters. The van der Waals surface area contributed by atoms with Crippen molar-refractivity contribution in [2.45, 2.75) is 26.1 Å².